The first-order valence-corrected chi connectivity index (χ1v) is 9.68. The van der Waals surface area contributed by atoms with E-state index in [2.05, 4.69) is 5.43 Å². The van der Waals surface area contributed by atoms with Gasteiger partial charge >= 0.3 is 0 Å². The van der Waals surface area contributed by atoms with Crippen molar-refractivity contribution in [2.24, 2.45) is 0 Å². The molecule has 0 aromatic heterocycles. The van der Waals surface area contributed by atoms with Crippen LogP contribution in [0.25, 0.3) is 0 Å². The summed E-state index contributed by atoms with van der Waals surface area (Å²) in [6, 6.07) is 6.03. The van der Waals surface area contributed by atoms with Crippen LogP contribution in [-0.4, -0.2) is 52.3 Å². The summed E-state index contributed by atoms with van der Waals surface area (Å²) in [6.07, 6.45) is 7.90. The zero-order valence-corrected chi connectivity index (χ0v) is 15.3. The zero-order chi connectivity index (χ0) is 18.8. The van der Waals surface area contributed by atoms with Crippen LogP contribution in [-0.2, 0) is 9.59 Å². The number of likely N-dealkylation sites (tertiary alicyclic amines) is 1. The first-order chi connectivity index (χ1) is 13.1. The predicted octanol–water partition coefficient (Wildman–Crippen LogP) is 2.16. The first kappa shape index (κ1) is 18.0. The van der Waals surface area contributed by atoms with Crippen molar-refractivity contribution in [2.75, 3.05) is 19.6 Å². The summed E-state index contributed by atoms with van der Waals surface area (Å²) in [4.78, 5) is 28.7. The van der Waals surface area contributed by atoms with Crippen LogP contribution in [0.5, 0.6) is 0 Å². The average molecular weight is 372 g/mol. The number of hydrogen-bond donors (Lipinski definition) is 1. The van der Waals surface area contributed by atoms with E-state index in [0.717, 1.165) is 31.5 Å². The first-order valence-electron chi connectivity index (χ1n) is 9.68. The van der Waals surface area contributed by atoms with Crippen LogP contribution >= 0.6 is 0 Å². The largest absolute Gasteiger partial charge is 0.343 e. The molecule has 0 saturated carbocycles. The molecule has 2 fully saturated rings. The van der Waals surface area contributed by atoms with Crippen molar-refractivity contribution in [1.29, 1.82) is 0 Å². The number of hydrazine groups is 1. The molecule has 4 rings (SSSR count). The summed E-state index contributed by atoms with van der Waals surface area (Å²) >= 11 is 0. The molecule has 0 bridgehead atoms. The monoisotopic (exact) mass is 372 g/mol. The molecule has 2 atom stereocenters. The maximum atomic E-state index is 13.1. The van der Waals surface area contributed by atoms with Gasteiger partial charge in [-0.05, 0) is 43.4 Å². The molecule has 6 nitrogen and oxygen atoms in total. The van der Waals surface area contributed by atoms with Gasteiger partial charge in [0.25, 0.3) is 5.91 Å². The van der Waals surface area contributed by atoms with Gasteiger partial charge in [0.2, 0.25) is 5.91 Å². The lowest BCUT2D eigenvalue weighted by Gasteiger charge is -2.32. The molecule has 3 aliphatic heterocycles. The van der Waals surface area contributed by atoms with Crippen molar-refractivity contribution in [3.8, 4) is 0 Å². The molecule has 144 valence electrons. The van der Waals surface area contributed by atoms with E-state index in [1.807, 2.05) is 16.1 Å². The number of amides is 2. The Morgan fingerprint density at radius 3 is 2.59 bits per heavy atom. The molecule has 2 saturated heterocycles. The number of halogens is 1. The highest BCUT2D eigenvalue weighted by Crippen LogP contribution is 2.30. The molecule has 1 aromatic carbocycles. The number of nitrogens with one attached hydrogen (secondary N) is 1. The van der Waals surface area contributed by atoms with Crippen LogP contribution in [0.4, 0.5) is 4.39 Å². The van der Waals surface area contributed by atoms with Crippen LogP contribution in [0.15, 0.2) is 36.7 Å². The lowest BCUT2D eigenvalue weighted by Crippen LogP contribution is -2.48. The van der Waals surface area contributed by atoms with Gasteiger partial charge in [-0.15, -0.1) is 0 Å². The van der Waals surface area contributed by atoms with Gasteiger partial charge in [-0.3, -0.25) is 9.59 Å². The van der Waals surface area contributed by atoms with Gasteiger partial charge < -0.3 is 14.8 Å². The Morgan fingerprint density at radius 2 is 1.85 bits per heavy atom. The van der Waals surface area contributed by atoms with Crippen LogP contribution in [0.1, 0.15) is 43.7 Å². The van der Waals surface area contributed by atoms with Crippen molar-refractivity contribution in [1.82, 2.24) is 20.2 Å². The third-order valence-corrected chi connectivity index (χ3v) is 5.62. The number of carbonyl (C=O) groups is 2. The summed E-state index contributed by atoms with van der Waals surface area (Å²) in [7, 11) is 0. The van der Waals surface area contributed by atoms with Crippen molar-refractivity contribution in [3.63, 3.8) is 0 Å². The number of carbonyl (C=O) groups excluding carboxylic acids is 2. The van der Waals surface area contributed by atoms with Crippen LogP contribution in [0, 0.1) is 5.82 Å². The molecular weight excluding hydrogens is 347 g/mol. The molecule has 0 radical (unpaired) electrons. The highest BCUT2D eigenvalue weighted by atomic mass is 19.1. The van der Waals surface area contributed by atoms with Crippen molar-refractivity contribution in [3.05, 3.63) is 48.0 Å². The summed E-state index contributed by atoms with van der Waals surface area (Å²) < 4.78 is 13.1. The Kier molecular flexibility index (Phi) is 5.11. The summed E-state index contributed by atoms with van der Waals surface area (Å²) in [5.41, 5.74) is 4.25. The number of nitrogens with zero attached hydrogens (tertiary/aromatic N) is 3. The van der Waals surface area contributed by atoms with E-state index in [1.54, 1.807) is 23.2 Å². The third kappa shape index (κ3) is 3.83. The molecule has 27 heavy (non-hydrogen) atoms. The Balaban J connectivity index is 1.34. The molecule has 7 heteroatoms. The maximum absolute atomic E-state index is 13.1. The number of hydrogen-bond acceptors (Lipinski definition) is 4. The molecular formula is C20H25FN4O2. The third-order valence-electron chi connectivity index (χ3n) is 5.62. The van der Waals surface area contributed by atoms with E-state index < -0.39 is 0 Å². The molecule has 3 heterocycles. The van der Waals surface area contributed by atoms with Crippen LogP contribution in [0.3, 0.4) is 0 Å². The van der Waals surface area contributed by atoms with E-state index in [1.165, 1.54) is 18.6 Å². The molecule has 0 aliphatic carbocycles. The minimum Gasteiger partial charge on any atom is -0.343 e. The van der Waals surface area contributed by atoms with Crippen LogP contribution < -0.4 is 5.43 Å². The Labute approximate surface area is 158 Å². The molecule has 1 N–H and O–H groups in total. The highest BCUT2D eigenvalue weighted by Gasteiger charge is 2.40. The van der Waals surface area contributed by atoms with E-state index in [-0.39, 0.29) is 29.7 Å². The van der Waals surface area contributed by atoms with Gasteiger partial charge in [0.15, 0.2) is 0 Å². The summed E-state index contributed by atoms with van der Waals surface area (Å²) in [5.74, 6) is -0.136. The van der Waals surface area contributed by atoms with E-state index in [4.69, 9.17) is 0 Å². The lowest BCUT2D eigenvalue weighted by molar-refractivity contribution is -0.136. The second-order valence-corrected chi connectivity index (χ2v) is 7.41. The Hall–Kier alpha value is -2.41. The maximum Gasteiger partial charge on any atom is 0.250 e. The molecule has 0 spiro atoms. The van der Waals surface area contributed by atoms with Crippen LogP contribution in [0.2, 0.25) is 0 Å². The summed E-state index contributed by atoms with van der Waals surface area (Å²) in [5, 5.41) is 1.82. The van der Waals surface area contributed by atoms with Gasteiger partial charge in [-0.1, -0.05) is 12.1 Å². The second kappa shape index (κ2) is 7.68. The topological polar surface area (TPSA) is 55.9 Å². The fraction of sp³-hybridized carbons (Fsp3) is 0.500. The number of piperidine rings is 1. The Bertz CT molecular complexity index is 730. The lowest BCUT2D eigenvalue weighted by atomic mass is 10.0. The van der Waals surface area contributed by atoms with Gasteiger partial charge in [-0.2, -0.15) is 0 Å². The summed E-state index contributed by atoms with van der Waals surface area (Å²) in [6.45, 7) is 2.08. The SMILES string of the molecule is O=C1C2CC(c3ccc(F)cc3)NN2C=CN1CCC(=O)N1CCCCC1. The smallest absolute Gasteiger partial charge is 0.250 e. The van der Waals surface area contributed by atoms with Crippen molar-refractivity contribution < 1.29 is 14.0 Å². The van der Waals surface area contributed by atoms with Gasteiger partial charge in [0, 0.05) is 38.5 Å². The molecule has 3 aliphatic rings. The minimum absolute atomic E-state index is 0.000978. The number of fused-ring (bicyclic) bond motifs is 1. The van der Waals surface area contributed by atoms with Gasteiger partial charge in [0.1, 0.15) is 11.9 Å². The average Bonchev–Trinajstić information content (AvgIpc) is 3.14. The van der Waals surface area contributed by atoms with E-state index >= 15 is 0 Å². The number of rotatable bonds is 4. The van der Waals surface area contributed by atoms with Crippen molar-refractivity contribution in [2.45, 2.75) is 44.2 Å². The fourth-order valence-corrected chi connectivity index (χ4v) is 4.05. The second-order valence-electron chi connectivity index (χ2n) is 7.41. The van der Waals surface area contributed by atoms with Gasteiger partial charge in [-0.25, -0.2) is 9.82 Å². The molecule has 2 unspecified atom stereocenters. The van der Waals surface area contributed by atoms with Gasteiger partial charge in [0.05, 0.1) is 6.04 Å². The minimum atomic E-state index is -0.296. The quantitative estimate of drug-likeness (QED) is 0.880. The van der Waals surface area contributed by atoms with E-state index in [9.17, 15) is 14.0 Å². The zero-order valence-electron chi connectivity index (χ0n) is 15.3. The number of benzene rings is 1. The highest BCUT2D eigenvalue weighted by molar-refractivity contribution is 5.85. The normalized spacial score (nSPS) is 25.1. The van der Waals surface area contributed by atoms with E-state index in [0.29, 0.717) is 19.4 Å². The van der Waals surface area contributed by atoms with Crippen molar-refractivity contribution >= 4 is 11.8 Å². The molecule has 2 amide bonds. The Morgan fingerprint density at radius 1 is 1.11 bits per heavy atom. The fourth-order valence-electron chi connectivity index (χ4n) is 4.05. The standard InChI is InChI=1S/C20H25FN4O2/c21-16-6-4-15(5-7-16)17-14-18-20(27)24(12-13-25(18)22-17)11-8-19(26)23-9-2-1-3-10-23/h4-7,12-13,17-18,22H,1-3,8-11,14H2. The molecule has 1 aromatic rings. The predicted molar refractivity (Wildman–Crippen MR) is 98.4 cm³/mol.